The van der Waals surface area contributed by atoms with E-state index in [1.165, 1.54) is 16.3 Å². The highest BCUT2D eigenvalue weighted by Crippen LogP contribution is 2.23. The molecule has 118 valence electrons. The van der Waals surface area contributed by atoms with Gasteiger partial charge in [0.05, 0.1) is 5.56 Å². The number of aromatic nitrogens is 1. The maximum absolute atomic E-state index is 12.0. The topological polar surface area (TPSA) is 60.0 Å². The maximum atomic E-state index is 12.0. The van der Waals surface area contributed by atoms with Crippen molar-refractivity contribution in [1.29, 1.82) is 0 Å². The monoisotopic (exact) mass is 315 g/mol. The second kappa shape index (κ2) is 5.83. The van der Waals surface area contributed by atoms with Crippen molar-refractivity contribution in [3.8, 4) is 0 Å². The van der Waals surface area contributed by atoms with E-state index in [1.54, 1.807) is 0 Å². The summed E-state index contributed by atoms with van der Waals surface area (Å²) in [5.74, 6) is 5.04. The van der Waals surface area contributed by atoms with Crippen molar-refractivity contribution in [1.82, 2.24) is 9.99 Å². The van der Waals surface area contributed by atoms with Crippen LogP contribution >= 0.6 is 0 Å². The van der Waals surface area contributed by atoms with Gasteiger partial charge in [0.1, 0.15) is 0 Å². The Balaban J connectivity index is 1.79. The molecule has 0 aliphatic carbocycles. The molecule has 3 aromatic carbocycles. The minimum atomic E-state index is -0.275. The minimum Gasteiger partial charge on any atom is -0.342 e. The Morgan fingerprint density at radius 3 is 2.54 bits per heavy atom. The van der Waals surface area contributed by atoms with Gasteiger partial charge in [0.2, 0.25) is 0 Å². The Morgan fingerprint density at radius 1 is 0.958 bits per heavy atom. The van der Waals surface area contributed by atoms with Crippen LogP contribution in [0.4, 0.5) is 0 Å². The normalized spacial score (nSPS) is 11.0. The van der Waals surface area contributed by atoms with Gasteiger partial charge in [-0.3, -0.25) is 10.2 Å². The molecule has 4 aromatic rings. The number of carbonyl (C=O) groups is 1. The van der Waals surface area contributed by atoms with Crippen LogP contribution in [0, 0.1) is 0 Å². The van der Waals surface area contributed by atoms with Gasteiger partial charge < -0.3 is 4.57 Å². The fourth-order valence-electron chi connectivity index (χ4n) is 3.17. The van der Waals surface area contributed by atoms with Crippen molar-refractivity contribution in [3.63, 3.8) is 0 Å². The zero-order chi connectivity index (χ0) is 16.5. The average molecular weight is 315 g/mol. The number of nitrogens with zero attached hydrogens (tertiary/aromatic N) is 1. The Hall–Kier alpha value is -3.11. The summed E-state index contributed by atoms with van der Waals surface area (Å²) in [5.41, 5.74) is 5.02. The summed E-state index contributed by atoms with van der Waals surface area (Å²) in [6.07, 6.45) is 1.86. The fourth-order valence-corrected chi connectivity index (χ4v) is 3.17. The predicted octanol–water partition coefficient (Wildman–Crippen LogP) is 3.45. The number of amides is 1. The number of fused-ring (bicyclic) bond motifs is 2. The first-order valence-electron chi connectivity index (χ1n) is 7.83. The highest BCUT2D eigenvalue weighted by molar-refractivity contribution is 6.06. The first kappa shape index (κ1) is 14.5. The van der Waals surface area contributed by atoms with Crippen LogP contribution in [0.5, 0.6) is 0 Å². The molecule has 0 aliphatic heterocycles. The number of hydrogen-bond donors (Lipinski definition) is 2. The molecular weight excluding hydrogens is 298 g/mol. The summed E-state index contributed by atoms with van der Waals surface area (Å²) in [5, 5.41) is 3.34. The third-order valence-corrected chi connectivity index (χ3v) is 4.33. The lowest BCUT2D eigenvalue weighted by atomic mass is 10.1. The van der Waals surface area contributed by atoms with E-state index in [-0.39, 0.29) is 5.91 Å². The third kappa shape index (κ3) is 2.43. The van der Waals surface area contributed by atoms with Crippen molar-refractivity contribution in [3.05, 3.63) is 84.1 Å². The average Bonchev–Trinajstić information content (AvgIpc) is 3.00. The van der Waals surface area contributed by atoms with Crippen LogP contribution in [0.3, 0.4) is 0 Å². The van der Waals surface area contributed by atoms with Crippen LogP contribution in [-0.2, 0) is 6.54 Å². The number of para-hydroxylation sites is 1. The van der Waals surface area contributed by atoms with E-state index in [9.17, 15) is 4.79 Å². The van der Waals surface area contributed by atoms with Gasteiger partial charge in [-0.1, -0.05) is 54.6 Å². The third-order valence-electron chi connectivity index (χ3n) is 4.33. The highest BCUT2D eigenvalue weighted by atomic mass is 16.2. The fraction of sp³-hybridized carbons (Fsp3) is 0.0500. The number of hydrogen-bond acceptors (Lipinski definition) is 2. The van der Waals surface area contributed by atoms with E-state index in [4.69, 9.17) is 5.84 Å². The Bertz CT molecular complexity index is 1050. The van der Waals surface area contributed by atoms with Crippen molar-refractivity contribution in [2.45, 2.75) is 6.54 Å². The Morgan fingerprint density at radius 2 is 1.71 bits per heavy atom. The molecule has 24 heavy (non-hydrogen) atoms. The van der Waals surface area contributed by atoms with Crippen molar-refractivity contribution < 1.29 is 4.79 Å². The molecule has 3 N–H and O–H groups in total. The van der Waals surface area contributed by atoms with Crippen molar-refractivity contribution in [2.24, 2.45) is 5.84 Å². The van der Waals surface area contributed by atoms with Crippen molar-refractivity contribution >= 4 is 27.6 Å². The summed E-state index contributed by atoms with van der Waals surface area (Å²) in [7, 11) is 0. The summed E-state index contributed by atoms with van der Waals surface area (Å²) in [6, 6.07) is 22.6. The molecule has 1 aromatic heterocycles. The molecule has 0 fully saturated rings. The summed E-state index contributed by atoms with van der Waals surface area (Å²) in [6.45, 7) is 0.698. The molecule has 0 saturated carbocycles. The van der Waals surface area contributed by atoms with Gasteiger partial charge in [0, 0.05) is 23.6 Å². The Kier molecular flexibility index (Phi) is 3.52. The number of benzene rings is 3. The van der Waals surface area contributed by atoms with Crippen LogP contribution in [0.2, 0.25) is 0 Å². The summed E-state index contributed by atoms with van der Waals surface area (Å²) >= 11 is 0. The molecule has 0 radical (unpaired) electrons. The largest absolute Gasteiger partial charge is 0.342 e. The molecule has 4 nitrogen and oxygen atoms in total. The molecule has 0 saturated heterocycles. The number of nitrogens with two attached hydrogens (primary N) is 1. The molecule has 0 aliphatic rings. The lowest BCUT2D eigenvalue weighted by Crippen LogP contribution is -2.29. The number of rotatable bonds is 3. The molecule has 4 rings (SSSR count). The van der Waals surface area contributed by atoms with Gasteiger partial charge in [-0.05, 0) is 28.5 Å². The standard InChI is InChI=1S/C20H17N3O/c21-22-20(24)18-13-23(19-8-4-3-7-17(18)19)12-14-9-10-15-5-1-2-6-16(15)11-14/h1-11,13H,12,21H2,(H,22,24). The summed E-state index contributed by atoms with van der Waals surface area (Å²) < 4.78 is 2.09. The molecular formula is C20H17N3O. The molecule has 0 atom stereocenters. The Labute approximate surface area is 139 Å². The molecule has 0 unspecified atom stereocenters. The van der Waals surface area contributed by atoms with E-state index >= 15 is 0 Å². The van der Waals surface area contributed by atoms with Crippen molar-refractivity contribution in [2.75, 3.05) is 0 Å². The van der Waals surface area contributed by atoms with Gasteiger partial charge in [-0.25, -0.2) is 5.84 Å². The molecule has 1 heterocycles. The summed E-state index contributed by atoms with van der Waals surface area (Å²) in [4.78, 5) is 12.0. The maximum Gasteiger partial charge on any atom is 0.267 e. The van der Waals surface area contributed by atoms with Gasteiger partial charge in [-0.2, -0.15) is 0 Å². The van der Waals surface area contributed by atoms with E-state index in [0.717, 1.165) is 10.9 Å². The van der Waals surface area contributed by atoms with Crippen LogP contribution in [0.1, 0.15) is 15.9 Å². The van der Waals surface area contributed by atoms with Gasteiger partial charge in [-0.15, -0.1) is 0 Å². The molecule has 0 bridgehead atoms. The number of nitrogen functional groups attached to an aromatic ring is 1. The van der Waals surface area contributed by atoms with Gasteiger partial charge in [0.25, 0.3) is 5.91 Å². The predicted molar refractivity (Wildman–Crippen MR) is 96.6 cm³/mol. The lowest BCUT2D eigenvalue weighted by molar-refractivity contribution is 0.0955. The molecule has 4 heteroatoms. The van der Waals surface area contributed by atoms with Crippen LogP contribution in [-0.4, -0.2) is 10.5 Å². The quantitative estimate of drug-likeness (QED) is 0.345. The second-order valence-corrected chi connectivity index (χ2v) is 5.84. The number of nitrogens with one attached hydrogen (secondary N) is 1. The van der Waals surface area contributed by atoms with Crippen LogP contribution < -0.4 is 11.3 Å². The van der Waals surface area contributed by atoms with Gasteiger partial charge >= 0.3 is 0 Å². The first-order chi connectivity index (χ1) is 11.8. The lowest BCUT2D eigenvalue weighted by Gasteiger charge is -2.07. The second-order valence-electron chi connectivity index (χ2n) is 5.84. The smallest absolute Gasteiger partial charge is 0.267 e. The zero-order valence-corrected chi connectivity index (χ0v) is 13.1. The van der Waals surface area contributed by atoms with E-state index < -0.39 is 0 Å². The van der Waals surface area contributed by atoms with Gasteiger partial charge in [0.15, 0.2) is 0 Å². The van der Waals surface area contributed by atoms with E-state index in [0.29, 0.717) is 12.1 Å². The highest BCUT2D eigenvalue weighted by Gasteiger charge is 2.14. The SMILES string of the molecule is NNC(=O)c1cn(Cc2ccc3ccccc3c2)c2ccccc12. The molecule has 1 amide bonds. The number of hydrazine groups is 1. The van der Waals surface area contributed by atoms with Crippen LogP contribution in [0.15, 0.2) is 72.9 Å². The molecule has 0 spiro atoms. The number of carbonyl (C=O) groups excluding carboxylic acids is 1. The van der Waals surface area contributed by atoms with E-state index in [2.05, 4.69) is 40.3 Å². The van der Waals surface area contributed by atoms with Crippen LogP contribution in [0.25, 0.3) is 21.7 Å². The minimum absolute atomic E-state index is 0.275. The van der Waals surface area contributed by atoms with E-state index in [1.807, 2.05) is 42.6 Å². The zero-order valence-electron chi connectivity index (χ0n) is 13.1. The first-order valence-corrected chi connectivity index (χ1v) is 7.83.